The molecular weight excluding hydrogens is 209 g/mol. The number of nitrogens with one attached hydrogen (secondary N) is 1. The van der Waals surface area contributed by atoms with E-state index in [0.29, 0.717) is 17.7 Å². The zero-order chi connectivity index (χ0) is 11.7. The number of halogens is 1. The monoisotopic (exact) mass is 221 g/mol. The minimum atomic E-state index is -0.376. The molecule has 2 rings (SSSR count). The number of benzene rings is 1. The molecule has 0 saturated heterocycles. The van der Waals surface area contributed by atoms with E-state index < -0.39 is 0 Å². The van der Waals surface area contributed by atoms with Gasteiger partial charge in [-0.1, -0.05) is 6.92 Å². The fourth-order valence-corrected chi connectivity index (χ4v) is 1.68. The first-order valence-corrected chi connectivity index (χ1v) is 5.10. The third-order valence-corrected chi connectivity index (χ3v) is 2.48. The van der Waals surface area contributed by atoms with Gasteiger partial charge in [-0.2, -0.15) is 0 Å². The summed E-state index contributed by atoms with van der Waals surface area (Å²) in [7, 11) is 1.71. The van der Waals surface area contributed by atoms with Crippen molar-refractivity contribution >= 4 is 22.4 Å². The second kappa shape index (κ2) is 3.96. The van der Waals surface area contributed by atoms with Crippen molar-refractivity contribution in [2.75, 3.05) is 12.4 Å². The Bertz CT molecular complexity index is 545. The molecule has 0 aliphatic carbocycles. The topological polar surface area (TPSA) is 42.2 Å². The van der Waals surface area contributed by atoms with Gasteiger partial charge in [-0.3, -0.25) is 4.79 Å². The van der Waals surface area contributed by atoms with Crippen LogP contribution < -0.4 is 5.32 Å². The molecular formula is C12H12FNO2. The Morgan fingerprint density at radius 3 is 2.88 bits per heavy atom. The van der Waals surface area contributed by atoms with Gasteiger partial charge in [-0.05, 0) is 12.1 Å². The molecule has 0 fully saturated rings. The molecule has 1 aromatic heterocycles. The van der Waals surface area contributed by atoms with Gasteiger partial charge < -0.3 is 9.73 Å². The lowest BCUT2D eigenvalue weighted by molar-refractivity contribution is 0.0964. The molecule has 1 N–H and O–H groups in total. The predicted octanol–water partition coefficient (Wildman–Crippen LogP) is 3.21. The normalized spacial score (nSPS) is 10.7. The number of fused-ring (bicyclic) bond motifs is 1. The van der Waals surface area contributed by atoms with Gasteiger partial charge in [0.25, 0.3) is 0 Å². The summed E-state index contributed by atoms with van der Waals surface area (Å²) in [4.78, 5) is 11.6. The summed E-state index contributed by atoms with van der Waals surface area (Å²) in [5.41, 5.74) is 1.02. The fraction of sp³-hybridized carbons (Fsp3) is 0.250. The van der Waals surface area contributed by atoms with Gasteiger partial charge in [0.2, 0.25) is 0 Å². The van der Waals surface area contributed by atoms with Gasteiger partial charge in [-0.25, -0.2) is 4.39 Å². The second-order valence-electron chi connectivity index (χ2n) is 3.47. The van der Waals surface area contributed by atoms with Crippen LogP contribution in [0, 0.1) is 5.82 Å². The van der Waals surface area contributed by atoms with Gasteiger partial charge in [0, 0.05) is 24.9 Å². The van der Waals surface area contributed by atoms with E-state index in [-0.39, 0.29) is 17.4 Å². The Balaban J connectivity index is 2.70. The quantitative estimate of drug-likeness (QED) is 0.809. The third-order valence-electron chi connectivity index (χ3n) is 2.48. The summed E-state index contributed by atoms with van der Waals surface area (Å²) in [6.45, 7) is 1.76. The number of carbonyl (C=O) groups is 1. The predicted molar refractivity (Wildman–Crippen MR) is 60.3 cm³/mol. The summed E-state index contributed by atoms with van der Waals surface area (Å²) < 4.78 is 18.4. The minimum Gasteiger partial charge on any atom is -0.451 e. The van der Waals surface area contributed by atoms with Crippen LogP contribution in [-0.2, 0) is 0 Å². The number of furan rings is 1. The van der Waals surface area contributed by atoms with E-state index >= 15 is 0 Å². The molecule has 84 valence electrons. The Hall–Kier alpha value is -1.84. The van der Waals surface area contributed by atoms with E-state index in [0.717, 1.165) is 5.39 Å². The lowest BCUT2D eigenvalue weighted by Gasteiger charge is -1.98. The highest BCUT2D eigenvalue weighted by molar-refractivity contribution is 6.07. The van der Waals surface area contributed by atoms with E-state index in [2.05, 4.69) is 5.32 Å². The molecule has 0 aliphatic heterocycles. The van der Waals surface area contributed by atoms with Crippen LogP contribution in [0.3, 0.4) is 0 Å². The van der Waals surface area contributed by atoms with Crippen LogP contribution in [-0.4, -0.2) is 12.8 Å². The van der Waals surface area contributed by atoms with Crippen LogP contribution >= 0.6 is 0 Å². The summed E-state index contributed by atoms with van der Waals surface area (Å²) >= 11 is 0. The van der Waals surface area contributed by atoms with Crippen molar-refractivity contribution < 1.29 is 13.6 Å². The van der Waals surface area contributed by atoms with Crippen LogP contribution in [0.5, 0.6) is 0 Å². The molecule has 1 aromatic carbocycles. The molecule has 3 nitrogen and oxygen atoms in total. The highest BCUT2D eigenvalue weighted by Gasteiger charge is 2.18. The summed E-state index contributed by atoms with van der Waals surface area (Å²) in [5, 5.41) is 3.64. The number of hydrogen-bond acceptors (Lipinski definition) is 3. The van der Waals surface area contributed by atoms with Crippen molar-refractivity contribution in [3.63, 3.8) is 0 Å². The van der Waals surface area contributed by atoms with Crippen molar-refractivity contribution in [1.29, 1.82) is 0 Å². The molecule has 0 atom stereocenters. The van der Waals surface area contributed by atoms with Crippen LogP contribution in [0.2, 0.25) is 0 Å². The van der Waals surface area contributed by atoms with Crippen LogP contribution in [0.1, 0.15) is 23.9 Å². The maximum absolute atomic E-state index is 13.0. The smallest absolute Gasteiger partial charge is 0.199 e. The van der Waals surface area contributed by atoms with Crippen molar-refractivity contribution in [1.82, 2.24) is 0 Å². The molecule has 0 amide bonds. The maximum Gasteiger partial charge on any atom is 0.199 e. The summed E-state index contributed by atoms with van der Waals surface area (Å²) in [5.74, 6) is -0.203. The van der Waals surface area contributed by atoms with Crippen molar-refractivity contribution in [2.45, 2.75) is 13.3 Å². The molecule has 1 heterocycles. The Morgan fingerprint density at radius 2 is 2.25 bits per heavy atom. The third kappa shape index (κ3) is 1.56. The highest BCUT2D eigenvalue weighted by atomic mass is 19.1. The molecule has 0 bridgehead atoms. The van der Waals surface area contributed by atoms with Crippen LogP contribution in [0.15, 0.2) is 22.6 Å². The van der Waals surface area contributed by atoms with E-state index in [1.807, 2.05) is 0 Å². The van der Waals surface area contributed by atoms with Crippen LogP contribution in [0.4, 0.5) is 10.1 Å². The van der Waals surface area contributed by atoms with Gasteiger partial charge in [0.05, 0.1) is 5.69 Å². The fourth-order valence-electron chi connectivity index (χ4n) is 1.68. The first kappa shape index (κ1) is 10.7. The van der Waals surface area contributed by atoms with Gasteiger partial charge in [0.15, 0.2) is 11.5 Å². The first-order valence-electron chi connectivity index (χ1n) is 5.10. The van der Waals surface area contributed by atoms with Gasteiger partial charge in [-0.15, -0.1) is 0 Å². The van der Waals surface area contributed by atoms with Gasteiger partial charge >= 0.3 is 0 Å². The zero-order valence-electron chi connectivity index (χ0n) is 9.13. The average Bonchev–Trinajstić information content (AvgIpc) is 2.65. The van der Waals surface area contributed by atoms with Crippen molar-refractivity contribution in [3.8, 4) is 0 Å². The van der Waals surface area contributed by atoms with E-state index in [1.165, 1.54) is 12.1 Å². The molecule has 2 aromatic rings. The number of Topliss-reactive ketones (excluding diaryl/α,β-unsaturated/α-hetero) is 1. The second-order valence-corrected chi connectivity index (χ2v) is 3.47. The molecule has 0 spiro atoms. The molecule has 0 unspecified atom stereocenters. The minimum absolute atomic E-state index is 0.0963. The average molecular weight is 221 g/mol. The molecule has 4 heteroatoms. The maximum atomic E-state index is 13.0. The molecule has 0 saturated carbocycles. The Kier molecular flexibility index (Phi) is 2.64. The Morgan fingerprint density at radius 1 is 1.50 bits per heavy atom. The lowest BCUT2D eigenvalue weighted by atomic mass is 10.1. The van der Waals surface area contributed by atoms with Crippen LogP contribution in [0.25, 0.3) is 11.0 Å². The highest BCUT2D eigenvalue weighted by Crippen LogP contribution is 2.31. The number of hydrogen-bond donors (Lipinski definition) is 1. The lowest BCUT2D eigenvalue weighted by Crippen LogP contribution is -1.99. The molecule has 16 heavy (non-hydrogen) atoms. The standard InChI is InChI=1S/C12H12FNO2/c1-3-9(15)12-11(14-2)8-5-4-7(13)6-10(8)16-12/h4-6,14H,3H2,1-2H3. The summed E-state index contributed by atoms with van der Waals surface area (Å²) in [6.07, 6.45) is 0.358. The zero-order valence-corrected chi connectivity index (χ0v) is 9.13. The van der Waals surface area contributed by atoms with E-state index in [1.54, 1.807) is 20.0 Å². The largest absolute Gasteiger partial charge is 0.451 e. The SMILES string of the molecule is CCC(=O)c1oc2cc(F)ccc2c1NC. The number of rotatable bonds is 3. The molecule has 0 radical (unpaired) electrons. The number of ketones is 1. The van der Waals surface area contributed by atoms with Gasteiger partial charge in [0.1, 0.15) is 11.4 Å². The van der Waals surface area contributed by atoms with E-state index in [9.17, 15) is 9.18 Å². The molecule has 0 aliphatic rings. The summed E-state index contributed by atoms with van der Waals surface area (Å²) in [6, 6.07) is 4.23. The Labute approximate surface area is 92.2 Å². The van der Waals surface area contributed by atoms with Crippen molar-refractivity contribution in [2.24, 2.45) is 0 Å². The number of carbonyl (C=O) groups excluding carboxylic acids is 1. The number of anilines is 1. The first-order chi connectivity index (χ1) is 7.67. The van der Waals surface area contributed by atoms with Crippen molar-refractivity contribution in [3.05, 3.63) is 29.8 Å². The van der Waals surface area contributed by atoms with E-state index in [4.69, 9.17) is 4.42 Å².